The molecule has 0 bridgehead atoms. The van der Waals surface area contributed by atoms with Crippen LogP contribution in [0.1, 0.15) is 6.92 Å². The molecule has 1 aromatic carbocycles. The van der Waals surface area contributed by atoms with Crippen LogP contribution < -0.4 is 0 Å². The van der Waals surface area contributed by atoms with Crippen LogP contribution in [-0.2, 0) is 16.4 Å². The molecule has 1 heterocycles. The molecule has 1 aromatic heterocycles. The van der Waals surface area contributed by atoms with E-state index in [4.69, 9.17) is 0 Å². The molecule has 21 heavy (non-hydrogen) atoms. The van der Waals surface area contributed by atoms with Crippen molar-refractivity contribution in [3.05, 3.63) is 46.8 Å². The molecule has 0 amide bonds. The van der Waals surface area contributed by atoms with Gasteiger partial charge in [0.15, 0.2) is 9.84 Å². The molecule has 0 aliphatic rings. The van der Waals surface area contributed by atoms with Gasteiger partial charge < -0.3 is 0 Å². The summed E-state index contributed by atoms with van der Waals surface area (Å²) in [6.45, 7) is 1.83. The van der Waals surface area contributed by atoms with Gasteiger partial charge in [0.2, 0.25) is 0 Å². The summed E-state index contributed by atoms with van der Waals surface area (Å²) in [5.74, 6) is 0.0901. The number of aryl methyl sites for hydroxylation is 1. The molecule has 0 saturated heterocycles. The van der Waals surface area contributed by atoms with Crippen LogP contribution in [0.15, 0.2) is 36.7 Å². The van der Waals surface area contributed by atoms with E-state index in [9.17, 15) is 18.5 Å². The number of aromatic nitrogens is 2. The van der Waals surface area contributed by atoms with E-state index in [1.807, 2.05) is 0 Å². The molecule has 0 saturated carbocycles. The molecule has 7 nitrogen and oxygen atoms in total. The van der Waals surface area contributed by atoms with Gasteiger partial charge in [-0.3, -0.25) is 14.8 Å². The van der Waals surface area contributed by atoms with Crippen molar-refractivity contribution in [2.45, 2.75) is 13.5 Å². The number of nitrogens with zero attached hydrogens (tertiary/aromatic N) is 3. The highest BCUT2D eigenvalue weighted by molar-refractivity contribution is 7.91. The molecule has 0 N–H and O–H groups in total. The van der Waals surface area contributed by atoms with Crippen LogP contribution in [-0.4, -0.2) is 34.6 Å². The van der Waals surface area contributed by atoms with Crippen LogP contribution in [0.3, 0.4) is 0 Å². The normalized spacial score (nSPS) is 11.5. The van der Waals surface area contributed by atoms with E-state index < -0.39 is 14.8 Å². The highest BCUT2D eigenvalue weighted by Gasteiger charge is 2.16. The van der Waals surface area contributed by atoms with Crippen LogP contribution in [0.5, 0.6) is 0 Å². The van der Waals surface area contributed by atoms with Gasteiger partial charge in [0.05, 0.1) is 29.0 Å². The van der Waals surface area contributed by atoms with E-state index in [0.29, 0.717) is 11.1 Å². The van der Waals surface area contributed by atoms with Gasteiger partial charge in [-0.15, -0.1) is 0 Å². The standard InChI is InChI=1S/C13H15N3O4S/c1-2-21(19,20)8-7-15-10-11(9-14-15)12-5-3-4-6-13(12)16(17)18/h3-6,9-10H,2,7-8H2,1H3. The molecule has 0 aliphatic carbocycles. The summed E-state index contributed by atoms with van der Waals surface area (Å²) in [7, 11) is -3.06. The van der Waals surface area contributed by atoms with Gasteiger partial charge in [0.1, 0.15) is 0 Å². The Balaban J connectivity index is 2.23. The SMILES string of the molecule is CCS(=O)(=O)CCn1cc(-c2ccccc2[N+](=O)[O-])cn1. The van der Waals surface area contributed by atoms with Crippen molar-refractivity contribution >= 4 is 15.5 Å². The minimum absolute atomic E-state index is 0.00149. The Morgan fingerprint density at radius 2 is 2.05 bits per heavy atom. The second-order valence-corrected chi connectivity index (χ2v) is 6.98. The number of nitro groups is 1. The number of rotatable bonds is 6. The average molecular weight is 309 g/mol. The second kappa shape index (κ2) is 6.04. The number of hydrogen-bond acceptors (Lipinski definition) is 5. The summed E-state index contributed by atoms with van der Waals surface area (Å²) in [5, 5.41) is 15.1. The Morgan fingerprint density at radius 1 is 1.33 bits per heavy atom. The van der Waals surface area contributed by atoms with Crippen molar-refractivity contribution in [3.63, 3.8) is 0 Å². The maximum absolute atomic E-state index is 11.5. The lowest BCUT2D eigenvalue weighted by Gasteiger charge is -2.02. The third kappa shape index (κ3) is 3.66. The fraction of sp³-hybridized carbons (Fsp3) is 0.308. The monoisotopic (exact) mass is 309 g/mol. The first kappa shape index (κ1) is 15.2. The highest BCUT2D eigenvalue weighted by Crippen LogP contribution is 2.28. The van der Waals surface area contributed by atoms with Gasteiger partial charge in [0.25, 0.3) is 5.69 Å². The molecule has 0 unspecified atom stereocenters. The van der Waals surface area contributed by atoms with Crippen LogP contribution in [0.2, 0.25) is 0 Å². The topological polar surface area (TPSA) is 95.1 Å². The summed E-state index contributed by atoms with van der Waals surface area (Å²) >= 11 is 0. The Morgan fingerprint density at radius 3 is 2.71 bits per heavy atom. The van der Waals surface area contributed by atoms with E-state index in [0.717, 1.165) is 0 Å². The maximum atomic E-state index is 11.5. The predicted octanol–water partition coefficient (Wildman–Crippen LogP) is 1.89. The molecule has 0 aliphatic heterocycles. The van der Waals surface area contributed by atoms with E-state index >= 15 is 0 Å². The molecule has 0 spiro atoms. The van der Waals surface area contributed by atoms with Gasteiger partial charge in [0, 0.05) is 23.6 Å². The number of benzene rings is 1. The Bertz CT molecular complexity index is 752. The summed E-state index contributed by atoms with van der Waals surface area (Å²) in [4.78, 5) is 10.5. The lowest BCUT2D eigenvalue weighted by molar-refractivity contribution is -0.384. The lowest BCUT2D eigenvalue weighted by atomic mass is 10.1. The largest absolute Gasteiger partial charge is 0.277 e. The molecule has 2 rings (SSSR count). The van der Waals surface area contributed by atoms with Gasteiger partial charge >= 0.3 is 0 Å². The Hall–Kier alpha value is -2.22. The maximum Gasteiger partial charge on any atom is 0.277 e. The van der Waals surface area contributed by atoms with Crippen molar-refractivity contribution in [1.82, 2.24) is 9.78 Å². The summed E-state index contributed by atoms with van der Waals surface area (Å²) in [6.07, 6.45) is 3.12. The zero-order valence-electron chi connectivity index (χ0n) is 11.5. The molecular weight excluding hydrogens is 294 g/mol. The first-order chi connectivity index (χ1) is 9.93. The van der Waals surface area contributed by atoms with Crippen molar-refractivity contribution < 1.29 is 13.3 Å². The zero-order valence-corrected chi connectivity index (χ0v) is 12.3. The fourth-order valence-electron chi connectivity index (χ4n) is 1.88. The number of hydrogen-bond donors (Lipinski definition) is 0. The summed E-state index contributed by atoms with van der Waals surface area (Å²) in [6, 6.07) is 6.37. The summed E-state index contributed by atoms with van der Waals surface area (Å²) < 4.78 is 24.4. The van der Waals surface area contributed by atoms with Gasteiger partial charge in [-0.05, 0) is 6.07 Å². The molecular formula is C13H15N3O4S. The van der Waals surface area contributed by atoms with Crippen molar-refractivity contribution in [2.75, 3.05) is 11.5 Å². The van der Waals surface area contributed by atoms with Crippen LogP contribution in [0, 0.1) is 10.1 Å². The highest BCUT2D eigenvalue weighted by atomic mass is 32.2. The minimum atomic E-state index is -3.06. The molecule has 0 fully saturated rings. The van der Waals surface area contributed by atoms with Crippen molar-refractivity contribution in [3.8, 4) is 11.1 Å². The van der Waals surface area contributed by atoms with Crippen molar-refractivity contribution in [1.29, 1.82) is 0 Å². The first-order valence-electron chi connectivity index (χ1n) is 6.39. The lowest BCUT2D eigenvalue weighted by Crippen LogP contribution is -2.14. The van der Waals surface area contributed by atoms with E-state index in [1.165, 1.54) is 16.9 Å². The van der Waals surface area contributed by atoms with E-state index in [2.05, 4.69) is 5.10 Å². The van der Waals surface area contributed by atoms with Crippen LogP contribution in [0.4, 0.5) is 5.69 Å². The van der Waals surface area contributed by atoms with Crippen molar-refractivity contribution in [2.24, 2.45) is 0 Å². The molecule has 112 valence electrons. The third-order valence-corrected chi connectivity index (χ3v) is 4.80. The van der Waals surface area contributed by atoms with E-state index in [-0.39, 0.29) is 23.7 Å². The van der Waals surface area contributed by atoms with Crippen LogP contribution in [0.25, 0.3) is 11.1 Å². The Kier molecular flexibility index (Phi) is 4.37. The minimum Gasteiger partial charge on any atom is -0.271 e. The van der Waals surface area contributed by atoms with Crippen LogP contribution >= 0.6 is 0 Å². The van der Waals surface area contributed by atoms with Gasteiger partial charge in [-0.1, -0.05) is 19.1 Å². The molecule has 8 heteroatoms. The third-order valence-electron chi connectivity index (χ3n) is 3.12. The smallest absolute Gasteiger partial charge is 0.271 e. The zero-order chi connectivity index (χ0) is 15.5. The predicted molar refractivity (Wildman–Crippen MR) is 78.6 cm³/mol. The second-order valence-electron chi connectivity index (χ2n) is 4.50. The van der Waals surface area contributed by atoms with E-state index in [1.54, 1.807) is 31.3 Å². The van der Waals surface area contributed by atoms with Gasteiger partial charge in [-0.25, -0.2) is 8.42 Å². The number of para-hydroxylation sites is 1. The molecule has 0 atom stereocenters. The molecule has 0 radical (unpaired) electrons. The number of nitro benzene ring substituents is 1. The van der Waals surface area contributed by atoms with Gasteiger partial charge in [-0.2, -0.15) is 5.10 Å². The summed E-state index contributed by atoms with van der Waals surface area (Å²) in [5.41, 5.74) is 1.06. The quantitative estimate of drug-likeness (QED) is 0.600. The number of sulfone groups is 1. The Labute approximate surface area is 122 Å². The first-order valence-corrected chi connectivity index (χ1v) is 8.22. The molecule has 2 aromatic rings. The average Bonchev–Trinajstić information content (AvgIpc) is 2.94. The fourth-order valence-corrected chi connectivity index (χ4v) is 2.63.